The number of para-hydroxylation sites is 1. The molecule has 0 saturated carbocycles. The van der Waals surface area contributed by atoms with Gasteiger partial charge in [-0.25, -0.2) is 0 Å². The molecule has 0 atom stereocenters. The van der Waals surface area contributed by atoms with E-state index in [1.807, 2.05) is 32.2 Å². The van der Waals surface area contributed by atoms with Gasteiger partial charge in [0.1, 0.15) is 5.75 Å². The van der Waals surface area contributed by atoms with Crippen LogP contribution in [-0.2, 0) is 19.9 Å². The first-order valence-electron chi connectivity index (χ1n) is 6.33. The van der Waals surface area contributed by atoms with Crippen LogP contribution in [0.15, 0.2) is 30.3 Å². The summed E-state index contributed by atoms with van der Waals surface area (Å²) >= 11 is 0. The lowest BCUT2D eigenvalue weighted by Gasteiger charge is -2.07. The number of ether oxygens (including phenoxy) is 1. The van der Waals surface area contributed by atoms with Gasteiger partial charge in [-0.3, -0.25) is 9.48 Å². The second-order valence-corrected chi connectivity index (χ2v) is 4.40. The van der Waals surface area contributed by atoms with Crippen molar-refractivity contribution in [3.05, 3.63) is 47.3 Å². The normalized spacial score (nSPS) is 10.5. The Morgan fingerprint density at radius 3 is 2.74 bits per heavy atom. The molecule has 0 spiro atoms. The van der Waals surface area contributed by atoms with Crippen molar-refractivity contribution in [3.8, 4) is 5.75 Å². The van der Waals surface area contributed by atoms with Gasteiger partial charge in [0.25, 0.3) is 0 Å². The summed E-state index contributed by atoms with van der Waals surface area (Å²) < 4.78 is 6.99. The molecule has 0 radical (unpaired) electrons. The monoisotopic (exact) mass is 258 g/mol. The van der Waals surface area contributed by atoms with Crippen LogP contribution < -0.4 is 4.74 Å². The number of aromatic nitrogens is 2. The third-order valence-electron chi connectivity index (χ3n) is 3.14. The molecule has 2 aromatic rings. The lowest BCUT2D eigenvalue weighted by atomic mass is 10.1. The van der Waals surface area contributed by atoms with E-state index in [1.54, 1.807) is 23.9 Å². The summed E-state index contributed by atoms with van der Waals surface area (Å²) in [5.41, 5.74) is 2.54. The summed E-state index contributed by atoms with van der Waals surface area (Å²) in [4.78, 5) is 12.3. The van der Waals surface area contributed by atoms with Crippen LogP contribution >= 0.6 is 0 Å². The van der Waals surface area contributed by atoms with E-state index in [1.165, 1.54) is 0 Å². The summed E-state index contributed by atoms with van der Waals surface area (Å²) in [5.74, 6) is 0.661. The summed E-state index contributed by atoms with van der Waals surface area (Å²) in [6.07, 6.45) is 1.21. The Hall–Kier alpha value is -2.10. The van der Waals surface area contributed by atoms with Crippen molar-refractivity contribution in [2.75, 3.05) is 7.11 Å². The predicted octanol–water partition coefficient (Wildman–Crippen LogP) is 2.42. The van der Waals surface area contributed by atoms with Crippen LogP contribution in [0.1, 0.15) is 28.7 Å². The van der Waals surface area contributed by atoms with Gasteiger partial charge in [-0.1, -0.05) is 19.1 Å². The zero-order valence-corrected chi connectivity index (χ0v) is 11.5. The Bertz CT molecular complexity index is 588. The summed E-state index contributed by atoms with van der Waals surface area (Å²) in [7, 11) is 3.44. The molecular formula is C15H18N2O2. The smallest absolute Gasteiger partial charge is 0.172 e. The van der Waals surface area contributed by atoms with Crippen molar-refractivity contribution in [2.45, 2.75) is 19.8 Å². The van der Waals surface area contributed by atoms with E-state index in [4.69, 9.17) is 4.74 Å². The topological polar surface area (TPSA) is 44.1 Å². The molecule has 0 aliphatic rings. The second kappa shape index (κ2) is 5.69. The zero-order chi connectivity index (χ0) is 13.8. The Labute approximate surface area is 113 Å². The lowest BCUT2D eigenvalue weighted by molar-refractivity contribution is 0.0988. The fourth-order valence-corrected chi connectivity index (χ4v) is 2.04. The zero-order valence-electron chi connectivity index (χ0n) is 11.5. The van der Waals surface area contributed by atoms with E-state index in [2.05, 4.69) is 5.10 Å². The Morgan fingerprint density at radius 2 is 2.11 bits per heavy atom. The van der Waals surface area contributed by atoms with Crippen molar-refractivity contribution < 1.29 is 9.53 Å². The van der Waals surface area contributed by atoms with Gasteiger partial charge in [0.2, 0.25) is 0 Å². The van der Waals surface area contributed by atoms with Crippen LogP contribution in [0.3, 0.4) is 0 Å². The summed E-state index contributed by atoms with van der Waals surface area (Å²) in [5, 5.41) is 4.35. The maximum atomic E-state index is 12.3. The van der Waals surface area contributed by atoms with E-state index in [-0.39, 0.29) is 5.78 Å². The number of carbonyl (C=O) groups excluding carboxylic acids is 1. The number of benzene rings is 1. The van der Waals surface area contributed by atoms with Crippen LogP contribution in [0.2, 0.25) is 0 Å². The molecule has 0 aliphatic carbocycles. The maximum Gasteiger partial charge on any atom is 0.172 e. The highest BCUT2D eigenvalue weighted by Gasteiger charge is 2.14. The number of hydrogen-bond acceptors (Lipinski definition) is 3. The van der Waals surface area contributed by atoms with E-state index in [0.29, 0.717) is 17.7 Å². The molecule has 1 aromatic carbocycles. The predicted molar refractivity (Wildman–Crippen MR) is 73.6 cm³/mol. The van der Waals surface area contributed by atoms with Crippen LogP contribution in [0, 0.1) is 0 Å². The van der Waals surface area contributed by atoms with E-state index in [9.17, 15) is 4.79 Å². The van der Waals surface area contributed by atoms with Crippen molar-refractivity contribution in [1.82, 2.24) is 9.78 Å². The van der Waals surface area contributed by atoms with Crippen molar-refractivity contribution in [1.29, 1.82) is 0 Å². The third-order valence-corrected chi connectivity index (χ3v) is 3.14. The SMILES string of the molecule is CCc1cc(CC(=O)c2ccccc2OC)n(C)n1. The van der Waals surface area contributed by atoms with Crippen LogP contribution in [0.4, 0.5) is 0 Å². The minimum Gasteiger partial charge on any atom is -0.496 e. The minimum absolute atomic E-state index is 0.0445. The molecule has 0 fully saturated rings. The number of methoxy groups -OCH3 is 1. The Morgan fingerprint density at radius 1 is 1.37 bits per heavy atom. The van der Waals surface area contributed by atoms with Gasteiger partial charge < -0.3 is 4.74 Å². The Kier molecular flexibility index (Phi) is 4.00. The fourth-order valence-electron chi connectivity index (χ4n) is 2.04. The van der Waals surface area contributed by atoms with E-state index >= 15 is 0 Å². The number of rotatable bonds is 5. The number of Topliss-reactive ketones (excluding diaryl/α,β-unsaturated/α-hetero) is 1. The first kappa shape index (κ1) is 13.3. The molecule has 0 bridgehead atoms. The van der Waals surface area contributed by atoms with Gasteiger partial charge in [0.15, 0.2) is 5.78 Å². The van der Waals surface area contributed by atoms with Gasteiger partial charge in [0, 0.05) is 12.7 Å². The van der Waals surface area contributed by atoms with Gasteiger partial charge in [-0.2, -0.15) is 5.10 Å². The first-order chi connectivity index (χ1) is 9.15. The highest BCUT2D eigenvalue weighted by Crippen LogP contribution is 2.19. The fraction of sp³-hybridized carbons (Fsp3) is 0.333. The third kappa shape index (κ3) is 2.84. The van der Waals surface area contributed by atoms with Gasteiger partial charge in [-0.05, 0) is 24.6 Å². The number of aryl methyl sites for hydroxylation is 2. The number of hydrogen-bond donors (Lipinski definition) is 0. The largest absolute Gasteiger partial charge is 0.496 e. The molecule has 4 nitrogen and oxygen atoms in total. The molecule has 19 heavy (non-hydrogen) atoms. The molecule has 0 N–H and O–H groups in total. The molecular weight excluding hydrogens is 240 g/mol. The second-order valence-electron chi connectivity index (χ2n) is 4.40. The van der Waals surface area contributed by atoms with Crippen LogP contribution in [-0.4, -0.2) is 22.7 Å². The summed E-state index contributed by atoms with van der Waals surface area (Å²) in [6.45, 7) is 2.05. The number of nitrogens with zero attached hydrogens (tertiary/aromatic N) is 2. The molecule has 1 heterocycles. The molecule has 0 unspecified atom stereocenters. The minimum atomic E-state index is 0.0445. The lowest BCUT2D eigenvalue weighted by Crippen LogP contribution is -2.09. The molecule has 0 amide bonds. The van der Waals surface area contributed by atoms with E-state index in [0.717, 1.165) is 17.8 Å². The molecule has 2 rings (SSSR count). The van der Waals surface area contributed by atoms with E-state index < -0.39 is 0 Å². The maximum absolute atomic E-state index is 12.3. The van der Waals surface area contributed by atoms with Gasteiger partial charge in [-0.15, -0.1) is 0 Å². The Balaban J connectivity index is 2.23. The van der Waals surface area contributed by atoms with Crippen molar-refractivity contribution in [2.24, 2.45) is 7.05 Å². The quantitative estimate of drug-likeness (QED) is 0.774. The average Bonchev–Trinajstić information content (AvgIpc) is 2.79. The number of carbonyl (C=O) groups is 1. The molecule has 4 heteroatoms. The molecule has 0 aliphatic heterocycles. The summed E-state index contributed by atoms with van der Waals surface area (Å²) in [6, 6.07) is 9.27. The first-order valence-corrected chi connectivity index (χ1v) is 6.33. The van der Waals surface area contributed by atoms with Gasteiger partial charge >= 0.3 is 0 Å². The highest BCUT2D eigenvalue weighted by molar-refractivity contribution is 5.99. The van der Waals surface area contributed by atoms with Crippen LogP contribution in [0.25, 0.3) is 0 Å². The van der Waals surface area contributed by atoms with Gasteiger partial charge in [0.05, 0.1) is 24.8 Å². The standard InChI is InChI=1S/C15H18N2O2/c1-4-11-9-12(17(2)16-11)10-14(18)13-7-5-6-8-15(13)19-3/h5-9H,4,10H2,1-3H3. The molecule has 1 aromatic heterocycles. The van der Waals surface area contributed by atoms with Crippen molar-refractivity contribution >= 4 is 5.78 Å². The highest BCUT2D eigenvalue weighted by atomic mass is 16.5. The molecule has 100 valence electrons. The van der Waals surface area contributed by atoms with Crippen LogP contribution in [0.5, 0.6) is 5.75 Å². The average molecular weight is 258 g/mol. The number of ketones is 1. The molecule has 0 saturated heterocycles. The van der Waals surface area contributed by atoms with Crippen molar-refractivity contribution in [3.63, 3.8) is 0 Å².